The van der Waals surface area contributed by atoms with Gasteiger partial charge in [0.1, 0.15) is 0 Å². The van der Waals surface area contributed by atoms with E-state index >= 15 is 0 Å². The average molecular weight is 460 g/mol. The molecule has 156 valence electrons. The molecule has 0 saturated carbocycles. The van der Waals surface area contributed by atoms with Crippen LogP contribution >= 0.6 is 34.4 Å². The lowest BCUT2D eigenvalue weighted by Crippen LogP contribution is -2.37. The number of ether oxygens (including phenoxy) is 1. The van der Waals surface area contributed by atoms with Crippen molar-refractivity contribution in [3.05, 3.63) is 67.2 Å². The van der Waals surface area contributed by atoms with Gasteiger partial charge in [-0.15, -0.1) is 11.3 Å². The molecule has 1 amide bonds. The smallest absolute Gasteiger partial charge is 0.338 e. The van der Waals surface area contributed by atoms with E-state index in [9.17, 15) is 9.59 Å². The largest absolute Gasteiger partial charge is 0.466 e. The Morgan fingerprint density at radius 2 is 2.17 bits per heavy atom. The Kier molecular flexibility index (Phi) is 6.40. The number of carbonyl (C=O) groups is 2. The number of hydrogen-bond donors (Lipinski definition) is 1. The van der Waals surface area contributed by atoms with Gasteiger partial charge >= 0.3 is 5.97 Å². The van der Waals surface area contributed by atoms with Crippen LogP contribution in [0.25, 0.3) is 0 Å². The molecule has 0 aliphatic carbocycles. The number of thiophene rings is 2. The van der Waals surface area contributed by atoms with Gasteiger partial charge in [-0.25, -0.2) is 9.79 Å². The van der Waals surface area contributed by atoms with Crippen LogP contribution in [0.3, 0.4) is 0 Å². The number of nitrogens with one attached hydrogen (secondary N) is 1. The molecule has 0 aromatic carbocycles. The maximum Gasteiger partial charge on any atom is 0.338 e. The zero-order chi connectivity index (χ0) is 21.1. The van der Waals surface area contributed by atoms with Crippen molar-refractivity contribution < 1.29 is 14.3 Å². The van der Waals surface area contributed by atoms with Crippen LogP contribution in [0.1, 0.15) is 29.8 Å². The number of hydrogen-bond acceptors (Lipinski definition) is 8. The summed E-state index contributed by atoms with van der Waals surface area (Å²) in [6.45, 7) is 2.42. The van der Waals surface area contributed by atoms with E-state index in [-0.39, 0.29) is 18.4 Å². The van der Waals surface area contributed by atoms with Crippen molar-refractivity contribution >= 4 is 51.5 Å². The van der Waals surface area contributed by atoms with Crippen molar-refractivity contribution in [2.75, 3.05) is 13.7 Å². The third-order valence-corrected chi connectivity index (χ3v) is 7.41. The third kappa shape index (κ3) is 4.23. The Balaban J connectivity index is 1.52. The quantitative estimate of drug-likeness (QED) is 0.625. The number of thioether (sulfide) groups is 1. The van der Waals surface area contributed by atoms with Gasteiger partial charge in [-0.3, -0.25) is 4.79 Å². The summed E-state index contributed by atoms with van der Waals surface area (Å²) in [5.74, 6) is -0.447. The number of rotatable bonds is 7. The van der Waals surface area contributed by atoms with E-state index in [1.54, 1.807) is 22.7 Å². The lowest BCUT2D eigenvalue weighted by Gasteiger charge is -2.35. The van der Waals surface area contributed by atoms with Crippen LogP contribution in [0.2, 0.25) is 0 Å². The number of amidine groups is 1. The second-order valence-corrected chi connectivity index (χ2v) is 9.45. The molecule has 2 aromatic heterocycles. The highest BCUT2D eigenvalue weighted by atomic mass is 32.2. The van der Waals surface area contributed by atoms with Crippen molar-refractivity contribution in [2.24, 2.45) is 4.99 Å². The Morgan fingerprint density at radius 1 is 1.30 bits per heavy atom. The number of carbonyl (C=O) groups excluding carboxylic acids is 2. The first-order valence-electron chi connectivity index (χ1n) is 9.42. The second kappa shape index (κ2) is 9.20. The standard InChI is InChI=1S/C21H21N3O3S3/c1-13-18(20(26)27-2)19(14-6-9-28-11-14)24-15(12-30-21(24)23-13)10-17(25)22-7-5-16-4-3-8-29-16/h3-4,6,8-9,11-12,19H,5,7,10H2,1-2H3,(H,22,25)/t19-/m1/s1. The molecule has 4 heterocycles. The molecule has 1 N–H and O–H groups in total. The van der Waals surface area contributed by atoms with Crippen LogP contribution < -0.4 is 5.32 Å². The lowest BCUT2D eigenvalue weighted by atomic mass is 9.96. The second-order valence-electron chi connectivity index (χ2n) is 6.80. The van der Waals surface area contributed by atoms with E-state index < -0.39 is 5.97 Å². The molecule has 6 nitrogen and oxygen atoms in total. The number of nitrogens with zero attached hydrogens (tertiary/aromatic N) is 2. The summed E-state index contributed by atoms with van der Waals surface area (Å²) in [7, 11) is 1.38. The summed E-state index contributed by atoms with van der Waals surface area (Å²) in [6.07, 6.45) is 1.05. The normalized spacial score (nSPS) is 18.1. The van der Waals surface area contributed by atoms with Crippen LogP contribution in [0.4, 0.5) is 0 Å². The molecule has 0 unspecified atom stereocenters. The molecule has 2 aliphatic rings. The van der Waals surface area contributed by atoms with Gasteiger partial charge < -0.3 is 15.0 Å². The molecule has 2 aromatic rings. The summed E-state index contributed by atoms with van der Waals surface area (Å²) in [4.78, 5) is 33.0. The first-order valence-corrected chi connectivity index (χ1v) is 12.1. The minimum absolute atomic E-state index is 0.0467. The van der Waals surface area contributed by atoms with Crippen molar-refractivity contribution in [2.45, 2.75) is 25.8 Å². The fraction of sp³-hybridized carbons (Fsp3) is 0.286. The molecule has 2 aliphatic heterocycles. The van der Waals surface area contributed by atoms with Crippen LogP contribution in [0, 0.1) is 0 Å². The number of esters is 1. The minimum atomic E-state index is -0.400. The van der Waals surface area contributed by atoms with E-state index in [2.05, 4.69) is 16.4 Å². The topological polar surface area (TPSA) is 71.0 Å². The molecule has 9 heteroatoms. The van der Waals surface area contributed by atoms with Gasteiger partial charge in [0, 0.05) is 17.1 Å². The van der Waals surface area contributed by atoms with Gasteiger partial charge in [0.2, 0.25) is 5.91 Å². The summed E-state index contributed by atoms with van der Waals surface area (Å²) in [5, 5.41) is 11.8. The first kappa shape index (κ1) is 20.9. The summed E-state index contributed by atoms with van der Waals surface area (Å²) in [6, 6.07) is 5.73. The molecule has 0 fully saturated rings. The van der Waals surface area contributed by atoms with Gasteiger partial charge in [0.05, 0.1) is 30.8 Å². The minimum Gasteiger partial charge on any atom is -0.466 e. The van der Waals surface area contributed by atoms with Crippen LogP contribution in [0.15, 0.2) is 61.7 Å². The molecule has 0 saturated heterocycles. The van der Waals surface area contributed by atoms with Gasteiger partial charge in [0.25, 0.3) is 0 Å². The zero-order valence-electron chi connectivity index (χ0n) is 16.6. The maximum atomic E-state index is 12.6. The fourth-order valence-corrected chi connectivity index (χ4v) is 5.85. The van der Waals surface area contributed by atoms with Crippen LogP contribution in [-0.2, 0) is 20.7 Å². The van der Waals surface area contributed by atoms with Crippen molar-refractivity contribution in [1.82, 2.24) is 10.2 Å². The van der Waals surface area contributed by atoms with E-state index in [0.717, 1.165) is 22.8 Å². The molecule has 0 radical (unpaired) electrons. The van der Waals surface area contributed by atoms with E-state index in [1.165, 1.54) is 23.7 Å². The molecular weight excluding hydrogens is 438 g/mol. The van der Waals surface area contributed by atoms with E-state index in [0.29, 0.717) is 17.8 Å². The van der Waals surface area contributed by atoms with Crippen LogP contribution in [0.5, 0.6) is 0 Å². The number of methoxy groups -OCH3 is 1. The summed E-state index contributed by atoms with van der Waals surface area (Å²) < 4.78 is 5.05. The Labute approximate surface area is 187 Å². The molecular formula is C21H21N3O3S3. The predicted octanol–water partition coefficient (Wildman–Crippen LogP) is 4.31. The number of amides is 1. The monoisotopic (exact) mass is 459 g/mol. The number of aliphatic imine (C=N–C) groups is 1. The zero-order valence-corrected chi connectivity index (χ0v) is 19.0. The van der Waals surface area contributed by atoms with Crippen molar-refractivity contribution in [1.29, 1.82) is 0 Å². The van der Waals surface area contributed by atoms with Gasteiger partial charge in [-0.2, -0.15) is 11.3 Å². The van der Waals surface area contributed by atoms with Crippen LogP contribution in [-0.4, -0.2) is 35.6 Å². The van der Waals surface area contributed by atoms with E-state index in [4.69, 9.17) is 4.74 Å². The van der Waals surface area contributed by atoms with Gasteiger partial charge in [-0.1, -0.05) is 17.8 Å². The molecule has 1 atom stereocenters. The van der Waals surface area contributed by atoms with E-state index in [1.807, 2.05) is 45.5 Å². The van der Waals surface area contributed by atoms with Crippen molar-refractivity contribution in [3.8, 4) is 0 Å². The third-order valence-electron chi connectivity index (χ3n) is 4.88. The maximum absolute atomic E-state index is 12.6. The molecule has 30 heavy (non-hydrogen) atoms. The fourth-order valence-electron chi connectivity index (χ4n) is 3.49. The highest BCUT2D eigenvalue weighted by Gasteiger charge is 2.41. The number of allylic oxidation sites excluding steroid dienone is 1. The van der Waals surface area contributed by atoms with Gasteiger partial charge in [-0.05, 0) is 52.6 Å². The number of fused-ring (bicyclic) bond motifs is 1. The summed E-state index contributed by atoms with van der Waals surface area (Å²) >= 11 is 4.73. The predicted molar refractivity (Wildman–Crippen MR) is 122 cm³/mol. The van der Waals surface area contributed by atoms with Crippen molar-refractivity contribution in [3.63, 3.8) is 0 Å². The molecule has 4 rings (SSSR count). The average Bonchev–Trinajstić information content (AvgIpc) is 3.49. The summed E-state index contributed by atoms with van der Waals surface area (Å²) in [5.41, 5.74) is 2.97. The van der Waals surface area contributed by atoms with Gasteiger partial charge in [0.15, 0.2) is 5.17 Å². The lowest BCUT2D eigenvalue weighted by molar-refractivity contribution is -0.136. The Morgan fingerprint density at radius 3 is 2.87 bits per heavy atom. The molecule has 0 bridgehead atoms. The Bertz CT molecular complexity index is 1020. The first-order chi connectivity index (χ1) is 14.6. The highest BCUT2D eigenvalue weighted by molar-refractivity contribution is 8.16. The Hall–Kier alpha value is -2.36. The molecule has 0 spiro atoms. The SMILES string of the molecule is COC(=O)C1=C(C)N=C2SC=C(CC(=O)NCCc3cccs3)N2[C@@H]1c1ccsc1. The highest BCUT2D eigenvalue weighted by Crippen LogP contribution is 2.45.